The van der Waals surface area contributed by atoms with Crippen molar-refractivity contribution >= 4 is 0 Å². The lowest BCUT2D eigenvalue weighted by Crippen LogP contribution is -2.46. The summed E-state index contributed by atoms with van der Waals surface area (Å²) in [4.78, 5) is 11.2. The van der Waals surface area contributed by atoms with E-state index in [9.17, 15) is 18.3 Å². The molecule has 0 radical (unpaired) electrons. The molecule has 0 saturated heterocycles. The van der Waals surface area contributed by atoms with Crippen LogP contribution in [0.1, 0.15) is 28.1 Å². The lowest BCUT2D eigenvalue weighted by atomic mass is 9.82. The maximum absolute atomic E-state index is 15.8. The Balaban J connectivity index is 1.76. The predicted molar refractivity (Wildman–Crippen MR) is 112 cm³/mol. The molecule has 4 aromatic rings. The molecule has 1 N–H and O–H groups in total. The number of benzene rings is 2. The van der Waals surface area contributed by atoms with Crippen LogP contribution >= 0.6 is 0 Å². The van der Waals surface area contributed by atoms with Gasteiger partial charge in [-0.25, -0.2) is 13.2 Å². The van der Waals surface area contributed by atoms with Gasteiger partial charge >= 0.3 is 5.92 Å². The van der Waals surface area contributed by atoms with E-state index in [1.807, 2.05) is 0 Å². The lowest BCUT2D eigenvalue weighted by molar-refractivity contribution is -0.177. The number of aromatic nitrogens is 3. The molecule has 4 rings (SSSR count). The van der Waals surface area contributed by atoms with E-state index in [2.05, 4.69) is 26.8 Å². The summed E-state index contributed by atoms with van der Waals surface area (Å²) >= 11 is 0. The van der Waals surface area contributed by atoms with E-state index in [0.29, 0.717) is 11.6 Å². The van der Waals surface area contributed by atoms with Crippen molar-refractivity contribution in [2.24, 2.45) is 0 Å². The van der Waals surface area contributed by atoms with Crippen LogP contribution in [0.15, 0.2) is 79.4 Å². The number of alkyl halides is 2. The van der Waals surface area contributed by atoms with Crippen molar-refractivity contribution in [2.75, 3.05) is 0 Å². The van der Waals surface area contributed by atoms with Crippen LogP contribution in [-0.4, -0.2) is 20.1 Å². The van der Waals surface area contributed by atoms with Gasteiger partial charge in [-0.2, -0.15) is 8.78 Å². The first-order chi connectivity index (χ1) is 16.2. The molecule has 2 heterocycles. The standard InChI is InChI=1S/C25H14F5N3O/c26-18-6-3-16(4-7-18)1-2-17-5-10-22(33-14-17)25(29,30)24(34,23-15-31-11-12-32-23)20-9-8-19(27)13-21(20)28/h3-15,34H. The molecular formula is C25H14F5N3O. The van der Waals surface area contributed by atoms with E-state index in [0.717, 1.165) is 36.8 Å². The maximum atomic E-state index is 15.8. The predicted octanol–water partition coefficient (Wildman–Crippen LogP) is 4.72. The Morgan fingerprint density at radius 2 is 1.38 bits per heavy atom. The normalized spacial score (nSPS) is 13.0. The first-order valence-corrected chi connectivity index (χ1v) is 9.78. The summed E-state index contributed by atoms with van der Waals surface area (Å²) in [6, 6.07) is 9.39. The molecule has 34 heavy (non-hydrogen) atoms. The van der Waals surface area contributed by atoms with E-state index >= 15 is 8.78 Å². The van der Waals surface area contributed by atoms with Crippen LogP contribution in [0.2, 0.25) is 0 Å². The zero-order valence-corrected chi connectivity index (χ0v) is 17.2. The average Bonchev–Trinajstić information content (AvgIpc) is 2.84. The van der Waals surface area contributed by atoms with Gasteiger partial charge in [0.25, 0.3) is 0 Å². The van der Waals surface area contributed by atoms with Crippen molar-refractivity contribution < 1.29 is 27.1 Å². The van der Waals surface area contributed by atoms with Crippen molar-refractivity contribution in [1.82, 2.24) is 15.0 Å². The summed E-state index contributed by atoms with van der Waals surface area (Å²) < 4.78 is 72.5. The maximum Gasteiger partial charge on any atom is 0.327 e. The van der Waals surface area contributed by atoms with E-state index in [1.54, 1.807) is 0 Å². The highest BCUT2D eigenvalue weighted by Crippen LogP contribution is 2.48. The quantitative estimate of drug-likeness (QED) is 0.349. The van der Waals surface area contributed by atoms with Gasteiger partial charge in [0.05, 0.1) is 6.20 Å². The highest BCUT2D eigenvalue weighted by atomic mass is 19.3. The van der Waals surface area contributed by atoms with Crippen molar-refractivity contribution in [3.63, 3.8) is 0 Å². The summed E-state index contributed by atoms with van der Waals surface area (Å²) in [6.07, 6.45) is 4.16. The van der Waals surface area contributed by atoms with Gasteiger partial charge in [0.2, 0.25) is 5.60 Å². The molecular weight excluding hydrogens is 453 g/mol. The zero-order valence-electron chi connectivity index (χ0n) is 17.2. The summed E-state index contributed by atoms with van der Waals surface area (Å²) in [7, 11) is 0. The molecule has 0 amide bonds. The molecule has 170 valence electrons. The summed E-state index contributed by atoms with van der Waals surface area (Å²) in [5, 5.41) is 11.2. The molecule has 1 unspecified atom stereocenters. The number of aliphatic hydroxyl groups is 1. The fourth-order valence-corrected chi connectivity index (χ4v) is 3.25. The lowest BCUT2D eigenvalue weighted by Gasteiger charge is -2.35. The van der Waals surface area contributed by atoms with Crippen LogP contribution in [0.3, 0.4) is 0 Å². The molecule has 0 bridgehead atoms. The number of rotatable bonds is 4. The highest BCUT2D eigenvalue weighted by Gasteiger charge is 2.59. The second-order valence-corrected chi connectivity index (χ2v) is 7.19. The van der Waals surface area contributed by atoms with Crippen molar-refractivity contribution in [1.29, 1.82) is 0 Å². The third-order valence-corrected chi connectivity index (χ3v) is 4.99. The van der Waals surface area contributed by atoms with Crippen LogP contribution in [0.4, 0.5) is 22.0 Å². The first kappa shape index (κ1) is 23.0. The minimum absolute atomic E-state index is 0.264. The first-order valence-electron chi connectivity index (χ1n) is 9.78. The number of hydrogen-bond acceptors (Lipinski definition) is 4. The second-order valence-electron chi connectivity index (χ2n) is 7.19. The monoisotopic (exact) mass is 467 g/mol. The Hall–Kier alpha value is -4.16. The highest BCUT2D eigenvalue weighted by molar-refractivity contribution is 5.43. The molecule has 1 atom stereocenters. The van der Waals surface area contributed by atoms with Crippen molar-refractivity contribution in [3.05, 3.63) is 125 Å². The summed E-state index contributed by atoms with van der Waals surface area (Å²) in [5.41, 5.74) is -5.06. The molecule has 0 aliphatic heterocycles. The molecule has 0 fully saturated rings. The van der Waals surface area contributed by atoms with Gasteiger partial charge in [0.15, 0.2) is 0 Å². The Kier molecular flexibility index (Phi) is 6.09. The Morgan fingerprint density at radius 3 is 2.00 bits per heavy atom. The van der Waals surface area contributed by atoms with Gasteiger partial charge in [-0.15, -0.1) is 0 Å². The molecule has 0 aliphatic rings. The number of halogens is 5. The van der Waals surface area contributed by atoms with Gasteiger partial charge < -0.3 is 5.11 Å². The Morgan fingerprint density at radius 1 is 0.706 bits per heavy atom. The van der Waals surface area contributed by atoms with Gasteiger partial charge in [-0.05, 0) is 48.5 Å². The summed E-state index contributed by atoms with van der Waals surface area (Å²) in [6.45, 7) is 0. The smallest absolute Gasteiger partial charge is 0.327 e. The minimum atomic E-state index is -4.22. The van der Waals surface area contributed by atoms with Crippen LogP contribution in [0, 0.1) is 29.3 Å². The van der Waals surface area contributed by atoms with Crippen molar-refractivity contribution in [3.8, 4) is 11.8 Å². The second kappa shape index (κ2) is 9.00. The number of nitrogens with zero attached hydrogens (tertiary/aromatic N) is 3. The van der Waals surface area contributed by atoms with Crippen LogP contribution in [0.25, 0.3) is 0 Å². The average molecular weight is 467 g/mol. The van der Waals surface area contributed by atoms with E-state index in [4.69, 9.17) is 0 Å². The number of hydrogen-bond donors (Lipinski definition) is 1. The van der Waals surface area contributed by atoms with E-state index < -0.39 is 45.9 Å². The fraction of sp³-hybridized carbons (Fsp3) is 0.0800. The van der Waals surface area contributed by atoms with Gasteiger partial charge in [-0.1, -0.05) is 11.8 Å². The molecule has 0 spiro atoms. The summed E-state index contributed by atoms with van der Waals surface area (Å²) in [5.74, 6) is -1.59. The van der Waals surface area contributed by atoms with Crippen molar-refractivity contribution in [2.45, 2.75) is 11.5 Å². The molecule has 9 heteroatoms. The molecule has 4 nitrogen and oxygen atoms in total. The van der Waals surface area contributed by atoms with Crippen LogP contribution in [-0.2, 0) is 11.5 Å². The zero-order chi connectivity index (χ0) is 24.3. The molecule has 0 saturated carbocycles. The van der Waals surface area contributed by atoms with E-state index in [1.165, 1.54) is 36.5 Å². The SMILES string of the molecule is OC(c1cnccn1)(c1ccc(F)cc1F)C(F)(F)c1ccc(C#Cc2ccc(F)cc2)cn1. The Bertz CT molecular complexity index is 1370. The largest absolute Gasteiger partial charge is 0.373 e. The Labute approximate surface area is 190 Å². The molecule has 2 aromatic carbocycles. The van der Waals surface area contributed by atoms with Crippen LogP contribution < -0.4 is 0 Å². The van der Waals surface area contributed by atoms with Gasteiger partial charge in [0, 0.05) is 41.3 Å². The fourth-order valence-electron chi connectivity index (χ4n) is 3.25. The van der Waals surface area contributed by atoms with E-state index in [-0.39, 0.29) is 5.56 Å². The minimum Gasteiger partial charge on any atom is -0.373 e. The topological polar surface area (TPSA) is 58.9 Å². The molecule has 0 aliphatic carbocycles. The third kappa shape index (κ3) is 4.23. The third-order valence-electron chi connectivity index (χ3n) is 4.99. The van der Waals surface area contributed by atoms with Crippen LogP contribution in [0.5, 0.6) is 0 Å². The van der Waals surface area contributed by atoms with Gasteiger partial charge in [0.1, 0.15) is 28.8 Å². The van der Waals surface area contributed by atoms with Gasteiger partial charge in [-0.3, -0.25) is 15.0 Å². The number of pyridine rings is 1. The molecule has 2 aromatic heterocycles.